The van der Waals surface area contributed by atoms with E-state index in [4.69, 9.17) is 0 Å². The standard InChI is InChI=1S/C14H24N4/c1-4-17-7-8-18(11-12(17)2)14-9-13(10-15-3)5-6-16-14/h5-6,9,12,15H,4,7-8,10-11H2,1-3H3. The van der Waals surface area contributed by atoms with Crippen LogP contribution in [0, 0.1) is 0 Å². The van der Waals surface area contributed by atoms with E-state index in [1.807, 2.05) is 13.2 Å². The summed E-state index contributed by atoms with van der Waals surface area (Å²) in [5.41, 5.74) is 1.30. The zero-order chi connectivity index (χ0) is 13.0. The third-order valence-corrected chi connectivity index (χ3v) is 3.69. The van der Waals surface area contributed by atoms with Crippen LogP contribution in [0.15, 0.2) is 18.3 Å². The van der Waals surface area contributed by atoms with Crippen molar-refractivity contribution < 1.29 is 0 Å². The van der Waals surface area contributed by atoms with Crippen molar-refractivity contribution in [2.75, 3.05) is 38.1 Å². The maximum absolute atomic E-state index is 4.51. The van der Waals surface area contributed by atoms with Crippen LogP contribution in [0.1, 0.15) is 19.4 Å². The zero-order valence-corrected chi connectivity index (χ0v) is 11.7. The van der Waals surface area contributed by atoms with E-state index in [2.05, 4.69) is 46.1 Å². The van der Waals surface area contributed by atoms with Crippen LogP contribution in [0.5, 0.6) is 0 Å². The second-order valence-electron chi connectivity index (χ2n) is 4.98. The third-order valence-electron chi connectivity index (χ3n) is 3.69. The number of anilines is 1. The van der Waals surface area contributed by atoms with Gasteiger partial charge in [0.05, 0.1) is 0 Å². The largest absolute Gasteiger partial charge is 0.354 e. The summed E-state index contributed by atoms with van der Waals surface area (Å²) < 4.78 is 0. The molecule has 0 radical (unpaired) electrons. The predicted octanol–water partition coefficient (Wildman–Crippen LogP) is 1.33. The van der Waals surface area contributed by atoms with E-state index in [1.54, 1.807) is 0 Å². The van der Waals surface area contributed by atoms with Gasteiger partial charge in [0, 0.05) is 38.4 Å². The van der Waals surface area contributed by atoms with Gasteiger partial charge in [-0.1, -0.05) is 6.92 Å². The highest BCUT2D eigenvalue weighted by atomic mass is 15.3. The number of nitrogens with one attached hydrogen (secondary N) is 1. The van der Waals surface area contributed by atoms with Crippen LogP contribution in [0.4, 0.5) is 5.82 Å². The van der Waals surface area contributed by atoms with Crippen molar-refractivity contribution in [2.45, 2.75) is 26.4 Å². The molecule has 1 atom stereocenters. The van der Waals surface area contributed by atoms with Crippen LogP contribution in [0.2, 0.25) is 0 Å². The number of nitrogens with zero attached hydrogens (tertiary/aromatic N) is 3. The fourth-order valence-electron chi connectivity index (χ4n) is 2.62. The molecule has 1 aliphatic rings. The summed E-state index contributed by atoms with van der Waals surface area (Å²) in [6, 6.07) is 4.88. The molecule has 4 heteroatoms. The molecule has 18 heavy (non-hydrogen) atoms. The number of piperazine rings is 1. The molecule has 100 valence electrons. The van der Waals surface area contributed by atoms with Crippen molar-refractivity contribution in [1.29, 1.82) is 0 Å². The van der Waals surface area contributed by atoms with Gasteiger partial charge in [-0.3, -0.25) is 4.90 Å². The van der Waals surface area contributed by atoms with Gasteiger partial charge in [0.2, 0.25) is 0 Å². The van der Waals surface area contributed by atoms with Crippen molar-refractivity contribution >= 4 is 5.82 Å². The quantitative estimate of drug-likeness (QED) is 0.871. The van der Waals surface area contributed by atoms with Crippen molar-refractivity contribution in [1.82, 2.24) is 15.2 Å². The lowest BCUT2D eigenvalue weighted by Crippen LogP contribution is -2.52. The molecule has 2 heterocycles. The molecule has 1 aromatic heterocycles. The summed E-state index contributed by atoms with van der Waals surface area (Å²) in [5, 5.41) is 3.18. The minimum Gasteiger partial charge on any atom is -0.354 e. The van der Waals surface area contributed by atoms with E-state index in [9.17, 15) is 0 Å². The molecule has 1 aromatic rings. The van der Waals surface area contributed by atoms with E-state index in [0.717, 1.165) is 38.5 Å². The summed E-state index contributed by atoms with van der Waals surface area (Å²) in [6.45, 7) is 9.86. The van der Waals surface area contributed by atoms with Gasteiger partial charge in [0.25, 0.3) is 0 Å². The molecule has 2 rings (SSSR count). The lowest BCUT2D eigenvalue weighted by atomic mass is 10.2. The Morgan fingerprint density at radius 2 is 2.28 bits per heavy atom. The fourth-order valence-corrected chi connectivity index (χ4v) is 2.62. The Morgan fingerprint density at radius 3 is 2.94 bits per heavy atom. The van der Waals surface area contributed by atoms with Crippen LogP contribution in [-0.4, -0.2) is 49.2 Å². The Kier molecular flexibility index (Phi) is 4.55. The topological polar surface area (TPSA) is 31.4 Å². The average Bonchev–Trinajstić information content (AvgIpc) is 2.39. The highest BCUT2D eigenvalue weighted by Crippen LogP contribution is 2.17. The number of rotatable bonds is 4. The number of pyridine rings is 1. The van der Waals surface area contributed by atoms with Gasteiger partial charge in [-0.25, -0.2) is 4.98 Å². The fraction of sp³-hybridized carbons (Fsp3) is 0.643. The minimum atomic E-state index is 0.610. The van der Waals surface area contributed by atoms with Crippen LogP contribution in [-0.2, 0) is 6.54 Å². The molecule has 0 saturated carbocycles. The van der Waals surface area contributed by atoms with Crippen LogP contribution < -0.4 is 10.2 Å². The molecule has 1 unspecified atom stereocenters. The highest BCUT2D eigenvalue weighted by Gasteiger charge is 2.23. The van der Waals surface area contributed by atoms with E-state index in [1.165, 1.54) is 5.56 Å². The van der Waals surface area contributed by atoms with E-state index >= 15 is 0 Å². The second-order valence-corrected chi connectivity index (χ2v) is 4.98. The molecule has 0 spiro atoms. The zero-order valence-electron chi connectivity index (χ0n) is 11.7. The normalized spacial score (nSPS) is 21.3. The molecule has 0 aliphatic carbocycles. The number of hydrogen-bond acceptors (Lipinski definition) is 4. The first-order valence-electron chi connectivity index (χ1n) is 6.83. The average molecular weight is 248 g/mol. The first-order valence-corrected chi connectivity index (χ1v) is 6.83. The Hall–Kier alpha value is -1.13. The summed E-state index contributed by atoms with van der Waals surface area (Å²) in [5.74, 6) is 1.12. The van der Waals surface area contributed by atoms with Crippen molar-refractivity contribution in [3.8, 4) is 0 Å². The molecule has 0 aromatic carbocycles. The molecule has 1 N–H and O–H groups in total. The van der Waals surface area contributed by atoms with Gasteiger partial charge < -0.3 is 10.2 Å². The monoisotopic (exact) mass is 248 g/mol. The molecule has 4 nitrogen and oxygen atoms in total. The van der Waals surface area contributed by atoms with Gasteiger partial charge in [-0.15, -0.1) is 0 Å². The summed E-state index contributed by atoms with van der Waals surface area (Å²) >= 11 is 0. The summed E-state index contributed by atoms with van der Waals surface area (Å²) in [4.78, 5) is 9.43. The summed E-state index contributed by atoms with van der Waals surface area (Å²) in [7, 11) is 1.97. The van der Waals surface area contributed by atoms with Gasteiger partial charge in [0.1, 0.15) is 5.82 Å². The Labute approximate surface area is 110 Å². The van der Waals surface area contributed by atoms with Gasteiger partial charge >= 0.3 is 0 Å². The molecule has 0 bridgehead atoms. The van der Waals surface area contributed by atoms with E-state index in [-0.39, 0.29) is 0 Å². The Bertz CT molecular complexity index is 380. The smallest absolute Gasteiger partial charge is 0.128 e. The number of likely N-dealkylation sites (N-methyl/N-ethyl adjacent to an activating group) is 1. The molecular formula is C14H24N4. The molecular weight excluding hydrogens is 224 g/mol. The highest BCUT2D eigenvalue weighted by molar-refractivity contribution is 5.41. The summed E-state index contributed by atoms with van der Waals surface area (Å²) in [6.07, 6.45) is 1.92. The molecule has 1 fully saturated rings. The lowest BCUT2D eigenvalue weighted by molar-refractivity contribution is 0.199. The molecule has 1 saturated heterocycles. The van der Waals surface area contributed by atoms with Crippen LogP contribution in [0.25, 0.3) is 0 Å². The van der Waals surface area contributed by atoms with Gasteiger partial charge in [-0.05, 0) is 38.2 Å². The predicted molar refractivity (Wildman–Crippen MR) is 75.9 cm³/mol. The Balaban J connectivity index is 2.05. The van der Waals surface area contributed by atoms with E-state index < -0.39 is 0 Å². The van der Waals surface area contributed by atoms with Crippen molar-refractivity contribution in [2.24, 2.45) is 0 Å². The SMILES string of the molecule is CCN1CCN(c2cc(CNC)ccn2)CC1C. The third kappa shape index (κ3) is 3.00. The number of aromatic nitrogens is 1. The lowest BCUT2D eigenvalue weighted by Gasteiger charge is -2.40. The van der Waals surface area contributed by atoms with Crippen molar-refractivity contribution in [3.63, 3.8) is 0 Å². The first-order chi connectivity index (χ1) is 8.74. The second kappa shape index (κ2) is 6.16. The minimum absolute atomic E-state index is 0.610. The molecule has 0 amide bonds. The maximum Gasteiger partial charge on any atom is 0.128 e. The number of hydrogen-bond donors (Lipinski definition) is 1. The Morgan fingerprint density at radius 1 is 1.44 bits per heavy atom. The van der Waals surface area contributed by atoms with Gasteiger partial charge in [-0.2, -0.15) is 0 Å². The molecule has 1 aliphatic heterocycles. The van der Waals surface area contributed by atoms with Gasteiger partial charge in [0.15, 0.2) is 0 Å². The van der Waals surface area contributed by atoms with Crippen LogP contribution in [0.3, 0.4) is 0 Å². The maximum atomic E-state index is 4.51. The van der Waals surface area contributed by atoms with E-state index in [0.29, 0.717) is 6.04 Å². The van der Waals surface area contributed by atoms with Crippen molar-refractivity contribution in [3.05, 3.63) is 23.9 Å². The van der Waals surface area contributed by atoms with Crippen LogP contribution >= 0.6 is 0 Å². The first kappa shape index (κ1) is 13.3.